The van der Waals surface area contributed by atoms with Gasteiger partial charge in [0.05, 0.1) is 6.61 Å². The Balaban J connectivity index is 1.90. The summed E-state index contributed by atoms with van der Waals surface area (Å²) in [5, 5.41) is 12.5. The van der Waals surface area contributed by atoms with Gasteiger partial charge in [-0.3, -0.25) is 4.79 Å². The van der Waals surface area contributed by atoms with Crippen molar-refractivity contribution in [3.8, 4) is 0 Å². The summed E-state index contributed by atoms with van der Waals surface area (Å²) in [6.07, 6.45) is -0.0156. The van der Waals surface area contributed by atoms with E-state index in [1.54, 1.807) is 18.2 Å². The number of carboxylic acid groups (broad SMARTS) is 1. The molecular formula is C18H17Cl2NO4. The van der Waals surface area contributed by atoms with Gasteiger partial charge in [0, 0.05) is 16.5 Å². The average molecular weight is 382 g/mol. The Morgan fingerprint density at radius 3 is 2.28 bits per heavy atom. The van der Waals surface area contributed by atoms with Crippen LogP contribution in [0.2, 0.25) is 10.0 Å². The SMILES string of the molecule is O=C(COCc1ccccc1)N[C@H](Cc1c(Cl)cccc1Cl)C(=O)O. The van der Waals surface area contributed by atoms with Crippen LogP contribution in [-0.4, -0.2) is 29.6 Å². The summed E-state index contributed by atoms with van der Waals surface area (Å²) in [7, 11) is 0. The number of benzene rings is 2. The van der Waals surface area contributed by atoms with E-state index in [1.807, 2.05) is 30.3 Å². The highest BCUT2D eigenvalue weighted by Crippen LogP contribution is 2.25. The van der Waals surface area contributed by atoms with Crippen LogP contribution >= 0.6 is 23.2 Å². The van der Waals surface area contributed by atoms with E-state index in [9.17, 15) is 14.7 Å². The molecule has 1 amide bonds. The van der Waals surface area contributed by atoms with Gasteiger partial charge in [0.25, 0.3) is 0 Å². The Morgan fingerprint density at radius 1 is 1.04 bits per heavy atom. The van der Waals surface area contributed by atoms with Crippen molar-refractivity contribution in [2.75, 3.05) is 6.61 Å². The zero-order valence-electron chi connectivity index (χ0n) is 13.2. The summed E-state index contributed by atoms with van der Waals surface area (Å²) in [4.78, 5) is 23.4. The molecule has 0 bridgehead atoms. The number of halogens is 2. The Labute approximate surface area is 155 Å². The standard InChI is InChI=1S/C18H17Cl2NO4/c19-14-7-4-8-15(20)13(14)9-16(18(23)24)21-17(22)11-25-10-12-5-2-1-3-6-12/h1-8,16H,9-11H2,(H,21,22)(H,23,24)/t16-/m1/s1. The van der Waals surface area contributed by atoms with Crippen LogP contribution in [0.1, 0.15) is 11.1 Å². The van der Waals surface area contributed by atoms with Gasteiger partial charge in [0.1, 0.15) is 12.6 Å². The van der Waals surface area contributed by atoms with Crippen LogP contribution in [0.25, 0.3) is 0 Å². The van der Waals surface area contributed by atoms with Crippen LogP contribution in [0.3, 0.4) is 0 Å². The van der Waals surface area contributed by atoms with Crippen molar-refractivity contribution in [3.63, 3.8) is 0 Å². The molecule has 7 heteroatoms. The van der Waals surface area contributed by atoms with Gasteiger partial charge in [0.15, 0.2) is 0 Å². The van der Waals surface area contributed by atoms with Crippen LogP contribution in [0.4, 0.5) is 0 Å². The van der Waals surface area contributed by atoms with Crippen molar-refractivity contribution >= 4 is 35.1 Å². The lowest BCUT2D eigenvalue weighted by Crippen LogP contribution is -2.44. The van der Waals surface area contributed by atoms with Gasteiger partial charge < -0.3 is 15.2 Å². The molecular weight excluding hydrogens is 365 g/mol. The zero-order valence-corrected chi connectivity index (χ0v) is 14.8. The number of carboxylic acids is 1. The molecule has 25 heavy (non-hydrogen) atoms. The molecule has 0 heterocycles. The largest absolute Gasteiger partial charge is 0.480 e. The Hall–Kier alpha value is -2.08. The fraction of sp³-hybridized carbons (Fsp3) is 0.222. The summed E-state index contributed by atoms with van der Waals surface area (Å²) in [5.41, 5.74) is 1.40. The van der Waals surface area contributed by atoms with Gasteiger partial charge in [-0.15, -0.1) is 0 Å². The van der Waals surface area contributed by atoms with E-state index in [1.165, 1.54) is 0 Å². The lowest BCUT2D eigenvalue weighted by atomic mass is 10.1. The predicted molar refractivity (Wildman–Crippen MR) is 95.8 cm³/mol. The van der Waals surface area contributed by atoms with Crippen molar-refractivity contribution in [2.24, 2.45) is 0 Å². The second-order valence-corrected chi connectivity index (χ2v) is 6.16. The molecule has 0 aliphatic carbocycles. The molecule has 0 spiro atoms. The molecule has 1 atom stereocenters. The van der Waals surface area contributed by atoms with Crippen molar-refractivity contribution < 1.29 is 19.4 Å². The molecule has 0 fully saturated rings. The summed E-state index contributed by atoms with van der Waals surface area (Å²) in [5.74, 6) is -1.70. The Bertz CT molecular complexity index is 717. The molecule has 0 aliphatic heterocycles. The first-order valence-electron chi connectivity index (χ1n) is 7.54. The smallest absolute Gasteiger partial charge is 0.326 e. The van der Waals surface area contributed by atoms with E-state index in [2.05, 4.69) is 5.32 Å². The predicted octanol–water partition coefficient (Wildman–Crippen LogP) is 3.32. The van der Waals surface area contributed by atoms with Crippen molar-refractivity contribution in [1.29, 1.82) is 0 Å². The number of amides is 1. The number of ether oxygens (including phenoxy) is 1. The molecule has 132 valence electrons. The molecule has 0 saturated carbocycles. The minimum atomic E-state index is -1.17. The van der Waals surface area contributed by atoms with Gasteiger partial charge in [-0.1, -0.05) is 59.6 Å². The van der Waals surface area contributed by atoms with E-state index in [-0.39, 0.29) is 19.6 Å². The third-order valence-corrected chi connectivity index (χ3v) is 4.16. The van der Waals surface area contributed by atoms with Crippen LogP contribution in [0.5, 0.6) is 0 Å². The number of hydrogen-bond acceptors (Lipinski definition) is 3. The molecule has 0 aliphatic rings. The van der Waals surface area contributed by atoms with Crippen molar-refractivity contribution in [3.05, 3.63) is 69.7 Å². The highest BCUT2D eigenvalue weighted by Gasteiger charge is 2.22. The van der Waals surface area contributed by atoms with Crippen molar-refractivity contribution in [1.82, 2.24) is 5.32 Å². The van der Waals surface area contributed by atoms with Crippen molar-refractivity contribution in [2.45, 2.75) is 19.1 Å². The lowest BCUT2D eigenvalue weighted by Gasteiger charge is -2.16. The van der Waals surface area contributed by atoms with Gasteiger partial charge >= 0.3 is 5.97 Å². The van der Waals surface area contributed by atoms with Gasteiger partial charge in [-0.2, -0.15) is 0 Å². The summed E-state index contributed by atoms with van der Waals surface area (Å²) in [6.45, 7) is 0.0251. The number of carbonyl (C=O) groups excluding carboxylic acids is 1. The third kappa shape index (κ3) is 6.05. The number of aliphatic carboxylic acids is 1. The molecule has 0 unspecified atom stereocenters. The van der Waals surface area contributed by atoms with E-state index < -0.39 is 17.9 Å². The maximum absolute atomic E-state index is 11.9. The Morgan fingerprint density at radius 2 is 1.68 bits per heavy atom. The maximum Gasteiger partial charge on any atom is 0.326 e. The zero-order chi connectivity index (χ0) is 18.2. The summed E-state index contributed by atoms with van der Waals surface area (Å²) in [6, 6.07) is 13.1. The minimum Gasteiger partial charge on any atom is -0.480 e. The molecule has 2 aromatic rings. The molecule has 0 saturated heterocycles. The highest BCUT2D eigenvalue weighted by atomic mass is 35.5. The number of nitrogens with one attached hydrogen (secondary N) is 1. The normalized spacial score (nSPS) is 11.8. The summed E-state index contributed by atoms with van der Waals surface area (Å²) >= 11 is 12.1. The highest BCUT2D eigenvalue weighted by molar-refractivity contribution is 6.36. The molecule has 2 rings (SSSR count). The molecule has 0 aromatic heterocycles. The molecule has 2 N–H and O–H groups in total. The first-order valence-corrected chi connectivity index (χ1v) is 8.29. The maximum atomic E-state index is 11.9. The monoisotopic (exact) mass is 381 g/mol. The molecule has 5 nitrogen and oxygen atoms in total. The third-order valence-electron chi connectivity index (χ3n) is 3.45. The van der Waals surface area contributed by atoms with E-state index in [0.29, 0.717) is 15.6 Å². The van der Waals surface area contributed by atoms with E-state index >= 15 is 0 Å². The van der Waals surface area contributed by atoms with Crippen LogP contribution in [0.15, 0.2) is 48.5 Å². The van der Waals surface area contributed by atoms with Crippen LogP contribution in [-0.2, 0) is 27.4 Å². The summed E-state index contributed by atoms with van der Waals surface area (Å²) < 4.78 is 5.30. The lowest BCUT2D eigenvalue weighted by molar-refractivity contribution is -0.142. The molecule has 0 radical (unpaired) electrons. The van der Waals surface area contributed by atoms with Crippen LogP contribution < -0.4 is 5.32 Å². The quantitative estimate of drug-likeness (QED) is 0.735. The fourth-order valence-electron chi connectivity index (χ4n) is 2.20. The van der Waals surface area contributed by atoms with Crippen LogP contribution in [0, 0.1) is 0 Å². The van der Waals surface area contributed by atoms with Gasteiger partial charge in [-0.05, 0) is 23.3 Å². The number of carbonyl (C=O) groups is 2. The van der Waals surface area contributed by atoms with E-state index in [4.69, 9.17) is 27.9 Å². The Kier molecular flexibility index (Phi) is 7.25. The number of hydrogen-bond donors (Lipinski definition) is 2. The molecule has 2 aromatic carbocycles. The first kappa shape index (κ1) is 19.2. The van der Waals surface area contributed by atoms with E-state index in [0.717, 1.165) is 5.56 Å². The van der Waals surface area contributed by atoms with Gasteiger partial charge in [-0.25, -0.2) is 4.79 Å². The number of rotatable bonds is 8. The average Bonchev–Trinajstić information content (AvgIpc) is 2.58. The second-order valence-electron chi connectivity index (χ2n) is 5.34. The second kappa shape index (κ2) is 9.42. The fourth-order valence-corrected chi connectivity index (χ4v) is 2.76. The topological polar surface area (TPSA) is 75.6 Å². The first-order chi connectivity index (χ1) is 12.0. The minimum absolute atomic E-state index is 0.0156. The van der Waals surface area contributed by atoms with Gasteiger partial charge in [0.2, 0.25) is 5.91 Å².